The van der Waals surface area contributed by atoms with Crippen LogP contribution in [0.1, 0.15) is 112 Å². The number of hydrogen-bond acceptors (Lipinski definition) is 2. The van der Waals surface area contributed by atoms with Crippen LogP contribution in [0.15, 0.2) is 22.8 Å². The summed E-state index contributed by atoms with van der Waals surface area (Å²) in [5.41, 5.74) is 5.91. The lowest BCUT2D eigenvalue weighted by atomic mass is 9.53. The van der Waals surface area contributed by atoms with Crippen molar-refractivity contribution in [3.63, 3.8) is 0 Å². The van der Waals surface area contributed by atoms with Gasteiger partial charge in [-0.15, -0.1) is 0 Å². The van der Waals surface area contributed by atoms with Gasteiger partial charge in [-0.1, -0.05) is 76.7 Å². The smallest absolute Gasteiger partial charge is 0.302 e. The van der Waals surface area contributed by atoms with Gasteiger partial charge in [-0.2, -0.15) is 0 Å². The van der Waals surface area contributed by atoms with Crippen LogP contribution in [0.25, 0.3) is 0 Å². The van der Waals surface area contributed by atoms with E-state index in [2.05, 4.69) is 40.7 Å². The molecular formula is C29H46O2. The minimum Gasteiger partial charge on any atom is -0.462 e. The Morgan fingerprint density at radius 3 is 2.61 bits per heavy atom. The van der Waals surface area contributed by atoms with Crippen molar-refractivity contribution in [2.75, 3.05) is 0 Å². The molecule has 0 aromatic heterocycles. The molecule has 0 bridgehead atoms. The van der Waals surface area contributed by atoms with Gasteiger partial charge >= 0.3 is 5.97 Å². The summed E-state index contributed by atoms with van der Waals surface area (Å²) in [6.45, 7) is 14.0. The Kier molecular flexibility index (Phi) is 6.50. The van der Waals surface area contributed by atoms with Crippen molar-refractivity contribution < 1.29 is 9.53 Å². The van der Waals surface area contributed by atoms with Crippen molar-refractivity contribution in [2.24, 2.45) is 34.5 Å². The normalized spacial score (nSPS) is 38.3. The summed E-state index contributed by atoms with van der Waals surface area (Å²) in [6.07, 6.45) is 16.6. The predicted octanol–water partition coefficient (Wildman–Crippen LogP) is 8.02. The molecule has 4 aliphatic rings. The highest BCUT2D eigenvalue weighted by Crippen LogP contribution is 2.65. The van der Waals surface area contributed by atoms with Crippen molar-refractivity contribution in [1.82, 2.24) is 0 Å². The first-order chi connectivity index (χ1) is 14.6. The second-order valence-corrected chi connectivity index (χ2v) is 12.3. The van der Waals surface area contributed by atoms with Crippen LogP contribution in [-0.4, -0.2) is 12.1 Å². The van der Waals surface area contributed by atoms with E-state index in [1.54, 1.807) is 18.1 Å². The fourth-order valence-corrected chi connectivity index (χ4v) is 8.25. The van der Waals surface area contributed by atoms with Crippen LogP contribution in [0.4, 0.5) is 0 Å². The largest absolute Gasteiger partial charge is 0.462 e. The molecule has 2 fully saturated rings. The highest BCUT2D eigenvalue weighted by molar-refractivity contribution is 5.66. The van der Waals surface area contributed by atoms with E-state index in [1.807, 2.05) is 5.57 Å². The third-order valence-electron chi connectivity index (χ3n) is 9.95. The highest BCUT2D eigenvalue weighted by Gasteiger charge is 2.54. The molecule has 2 nitrogen and oxygen atoms in total. The van der Waals surface area contributed by atoms with Crippen LogP contribution >= 0.6 is 0 Å². The summed E-state index contributed by atoms with van der Waals surface area (Å²) in [5.74, 6) is 3.27. The topological polar surface area (TPSA) is 26.3 Å². The van der Waals surface area contributed by atoms with Gasteiger partial charge < -0.3 is 4.74 Å². The molecule has 6 atom stereocenters. The summed E-state index contributed by atoms with van der Waals surface area (Å²) < 4.78 is 5.60. The monoisotopic (exact) mass is 426 g/mol. The number of allylic oxidation sites excluding steroid dienone is 3. The van der Waals surface area contributed by atoms with Gasteiger partial charge in [0.15, 0.2) is 0 Å². The lowest BCUT2D eigenvalue weighted by Crippen LogP contribution is -2.42. The Balaban J connectivity index is 1.50. The van der Waals surface area contributed by atoms with E-state index in [0.717, 1.165) is 49.4 Å². The molecule has 6 unspecified atom stereocenters. The minimum atomic E-state index is -0.127. The average molecular weight is 427 g/mol. The summed E-state index contributed by atoms with van der Waals surface area (Å²) in [6, 6.07) is 0. The number of carbonyl (C=O) groups excluding carboxylic acids is 1. The molecule has 0 spiro atoms. The Morgan fingerprint density at radius 2 is 1.90 bits per heavy atom. The molecule has 174 valence electrons. The number of rotatable bonds is 6. The maximum Gasteiger partial charge on any atom is 0.302 e. The maximum atomic E-state index is 11.5. The van der Waals surface area contributed by atoms with Gasteiger partial charge in [0.25, 0.3) is 0 Å². The van der Waals surface area contributed by atoms with Gasteiger partial charge in [0.1, 0.15) is 6.10 Å². The van der Waals surface area contributed by atoms with E-state index in [-0.39, 0.29) is 17.5 Å². The van der Waals surface area contributed by atoms with Crippen LogP contribution in [-0.2, 0) is 9.53 Å². The molecule has 0 N–H and O–H groups in total. The Labute approximate surface area is 191 Å². The van der Waals surface area contributed by atoms with Crippen LogP contribution in [0, 0.1) is 34.5 Å². The lowest BCUT2D eigenvalue weighted by molar-refractivity contribution is -0.147. The molecule has 0 aliphatic heterocycles. The first-order valence-electron chi connectivity index (χ1n) is 13.2. The third-order valence-corrected chi connectivity index (χ3v) is 9.95. The molecule has 0 radical (unpaired) electrons. The molecule has 0 heterocycles. The summed E-state index contributed by atoms with van der Waals surface area (Å²) in [5, 5.41) is 0. The van der Waals surface area contributed by atoms with E-state index in [1.165, 1.54) is 44.9 Å². The van der Waals surface area contributed by atoms with E-state index in [4.69, 9.17) is 4.74 Å². The molecule has 0 amide bonds. The zero-order chi connectivity index (χ0) is 22.4. The first kappa shape index (κ1) is 23.1. The highest BCUT2D eigenvalue weighted by atomic mass is 16.5. The van der Waals surface area contributed by atoms with Gasteiger partial charge in [0, 0.05) is 18.8 Å². The van der Waals surface area contributed by atoms with Crippen LogP contribution in [0.3, 0.4) is 0 Å². The summed E-state index contributed by atoms with van der Waals surface area (Å²) in [7, 11) is 0. The molecule has 4 rings (SSSR count). The van der Waals surface area contributed by atoms with E-state index in [9.17, 15) is 4.79 Å². The van der Waals surface area contributed by atoms with Crippen molar-refractivity contribution >= 4 is 5.97 Å². The van der Waals surface area contributed by atoms with Crippen molar-refractivity contribution in [3.05, 3.63) is 22.8 Å². The lowest BCUT2D eigenvalue weighted by Gasteiger charge is -2.52. The first-order valence-corrected chi connectivity index (χ1v) is 13.2. The van der Waals surface area contributed by atoms with Gasteiger partial charge in [-0.05, 0) is 74.0 Å². The van der Waals surface area contributed by atoms with E-state index in [0.29, 0.717) is 5.41 Å². The number of fused-ring (bicyclic) bond motifs is 4. The minimum absolute atomic E-state index is 0.0929. The standard InChI is InChI=1S/C29H46O2/c1-19(2)8-7-9-20(3)25-12-13-26-24-11-10-22-18-23(31-21(4)30)14-16-28(22,5)27(24)15-17-29(25,26)6/h10,19-20,23,25-26H,7-9,11-18H2,1-6H3. The van der Waals surface area contributed by atoms with Crippen molar-refractivity contribution in [1.29, 1.82) is 0 Å². The number of ether oxygens (including phenoxy) is 1. The van der Waals surface area contributed by atoms with Crippen LogP contribution in [0.5, 0.6) is 0 Å². The molecule has 2 heteroatoms. The fourth-order valence-electron chi connectivity index (χ4n) is 8.25. The van der Waals surface area contributed by atoms with Crippen LogP contribution < -0.4 is 0 Å². The van der Waals surface area contributed by atoms with Crippen molar-refractivity contribution in [2.45, 2.75) is 118 Å². The maximum absolute atomic E-state index is 11.5. The van der Waals surface area contributed by atoms with Crippen molar-refractivity contribution in [3.8, 4) is 0 Å². The summed E-state index contributed by atoms with van der Waals surface area (Å²) >= 11 is 0. The average Bonchev–Trinajstić information content (AvgIpc) is 3.05. The molecule has 4 aliphatic carbocycles. The third kappa shape index (κ3) is 4.18. The zero-order valence-electron chi connectivity index (χ0n) is 21.1. The van der Waals surface area contributed by atoms with E-state index >= 15 is 0 Å². The Hall–Kier alpha value is -1.05. The molecule has 0 aromatic rings. The second-order valence-electron chi connectivity index (χ2n) is 12.3. The molecule has 0 saturated heterocycles. The van der Waals surface area contributed by atoms with Gasteiger partial charge in [-0.3, -0.25) is 4.79 Å². The predicted molar refractivity (Wildman–Crippen MR) is 129 cm³/mol. The molecule has 2 saturated carbocycles. The summed E-state index contributed by atoms with van der Waals surface area (Å²) in [4.78, 5) is 11.5. The van der Waals surface area contributed by atoms with Gasteiger partial charge in [0.05, 0.1) is 0 Å². The fraction of sp³-hybridized carbons (Fsp3) is 0.828. The molecule has 0 aromatic carbocycles. The molecule has 31 heavy (non-hydrogen) atoms. The Bertz CT molecular complexity index is 759. The number of carbonyl (C=O) groups is 1. The Morgan fingerprint density at radius 1 is 1.13 bits per heavy atom. The SMILES string of the molecule is CC(=O)OC1CCC2(C)C(=CCC3=C2CCC2(C)C3CCC2C(C)CCCC(C)C)C1. The van der Waals surface area contributed by atoms with E-state index < -0.39 is 0 Å². The van der Waals surface area contributed by atoms with Crippen LogP contribution in [0.2, 0.25) is 0 Å². The molecular weight excluding hydrogens is 380 g/mol. The van der Waals surface area contributed by atoms with Gasteiger partial charge in [0.2, 0.25) is 0 Å². The number of esters is 1. The number of hydrogen-bond donors (Lipinski definition) is 0. The quantitative estimate of drug-likeness (QED) is 0.317. The second kappa shape index (κ2) is 8.71. The zero-order valence-corrected chi connectivity index (χ0v) is 21.1. The van der Waals surface area contributed by atoms with Gasteiger partial charge in [-0.25, -0.2) is 0 Å².